The topological polar surface area (TPSA) is 82.2 Å². The van der Waals surface area contributed by atoms with Gasteiger partial charge in [-0.05, 0) is 24.3 Å². The van der Waals surface area contributed by atoms with E-state index in [2.05, 4.69) is 10.3 Å². The predicted molar refractivity (Wildman–Crippen MR) is 89.4 cm³/mol. The van der Waals surface area contributed by atoms with E-state index in [0.29, 0.717) is 21.6 Å². The highest BCUT2D eigenvalue weighted by molar-refractivity contribution is 6.49. The van der Waals surface area contributed by atoms with Crippen molar-refractivity contribution < 1.29 is 14.7 Å². The molecule has 0 fully saturated rings. The molecule has 5 nitrogen and oxygen atoms in total. The number of H-pyrrole nitrogens is 1. The number of amides is 1. The number of Topliss-reactive ketones (excluding diaryl/α,β-unsaturated/α-hetero) is 1. The summed E-state index contributed by atoms with van der Waals surface area (Å²) in [5.74, 6) is -2.09. The summed E-state index contributed by atoms with van der Waals surface area (Å²) in [6, 6.07) is 11.3. The summed E-state index contributed by atoms with van der Waals surface area (Å²) in [6.07, 6.45) is 0. The van der Waals surface area contributed by atoms with Crippen LogP contribution in [0.15, 0.2) is 42.5 Å². The van der Waals surface area contributed by atoms with Gasteiger partial charge >= 0.3 is 0 Å². The molecule has 23 heavy (non-hydrogen) atoms. The first-order valence-corrected chi connectivity index (χ1v) is 7.33. The number of benzene rings is 2. The van der Waals surface area contributed by atoms with Gasteiger partial charge in [-0.1, -0.05) is 41.4 Å². The van der Waals surface area contributed by atoms with Crippen LogP contribution in [0.3, 0.4) is 0 Å². The maximum atomic E-state index is 12.3. The minimum absolute atomic E-state index is 0.0711. The van der Waals surface area contributed by atoms with Crippen LogP contribution < -0.4 is 5.32 Å². The van der Waals surface area contributed by atoms with Crippen LogP contribution in [0.2, 0.25) is 10.0 Å². The van der Waals surface area contributed by atoms with Crippen LogP contribution in [0.5, 0.6) is 5.88 Å². The molecule has 3 N–H and O–H groups in total. The van der Waals surface area contributed by atoms with E-state index in [9.17, 15) is 14.7 Å². The van der Waals surface area contributed by atoms with Gasteiger partial charge in [-0.2, -0.15) is 0 Å². The van der Waals surface area contributed by atoms with Crippen molar-refractivity contribution in [2.24, 2.45) is 0 Å². The van der Waals surface area contributed by atoms with E-state index < -0.39 is 11.7 Å². The molecule has 0 aliphatic heterocycles. The molecule has 0 radical (unpaired) electrons. The maximum absolute atomic E-state index is 12.3. The van der Waals surface area contributed by atoms with Crippen LogP contribution in [-0.2, 0) is 4.79 Å². The highest BCUT2D eigenvalue weighted by atomic mass is 35.5. The molecule has 1 heterocycles. The second-order valence-corrected chi connectivity index (χ2v) is 5.62. The molecule has 2 aromatic carbocycles. The van der Waals surface area contributed by atoms with E-state index >= 15 is 0 Å². The third-order valence-electron chi connectivity index (χ3n) is 3.30. The molecule has 0 unspecified atom stereocenters. The molecule has 0 aliphatic rings. The molecule has 0 aliphatic carbocycles. The van der Waals surface area contributed by atoms with Crippen molar-refractivity contribution >= 4 is 51.5 Å². The van der Waals surface area contributed by atoms with Crippen molar-refractivity contribution in [3.8, 4) is 5.88 Å². The minimum atomic E-state index is -0.886. The highest BCUT2D eigenvalue weighted by Crippen LogP contribution is 2.28. The largest absolute Gasteiger partial charge is 0.494 e. The zero-order chi connectivity index (χ0) is 16.6. The molecule has 0 spiro atoms. The Bertz CT molecular complexity index is 934. The molecule has 7 heteroatoms. The minimum Gasteiger partial charge on any atom is -0.494 e. The third-order valence-corrected chi connectivity index (χ3v) is 4.04. The quantitative estimate of drug-likeness (QED) is 0.494. The number of hydrogen-bond donors (Lipinski definition) is 3. The van der Waals surface area contributed by atoms with Crippen LogP contribution in [0.1, 0.15) is 10.4 Å². The molecular formula is C16H10Cl2N2O3. The zero-order valence-electron chi connectivity index (χ0n) is 11.6. The van der Waals surface area contributed by atoms with E-state index in [1.807, 2.05) is 0 Å². The van der Waals surface area contributed by atoms with Crippen molar-refractivity contribution in [1.82, 2.24) is 4.98 Å². The van der Waals surface area contributed by atoms with Gasteiger partial charge in [0.2, 0.25) is 5.88 Å². The first-order chi connectivity index (χ1) is 11.0. The summed E-state index contributed by atoms with van der Waals surface area (Å²) < 4.78 is 0. The van der Waals surface area contributed by atoms with E-state index in [1.165, 1.54) is 18.2 Å². The maximum Gasteiger partial charge on any atom is 0.297 e. The van der Waals surface area contributed by atoms with Gasteiger partial charge in [0, 0.05) is 16.6 Å². The fourth-order valence-corrected chi connectivity index (χ4v) is 2.53. The number of rotatable bonds is 3. The number of halogens is 2. The summed E-state index contributed by atoms with van der Waals surface area (Å²) >= 11 is 11.7. The lowest BCUT2D eigenvalue weighted by Gasteiger charge is -2.05. The molecule has 0 bridgehead atoms. The van der Waals surface area contributed by atoms with Crippen molar-refractivity contribution in [2.45, 2.75) is 0 Å². The number of nitrogens with one attached hydrogen (secondary N) is 2. The van der Waals surface area contributed by atoms with Crippen LogP contribution in [0.4, 0.5) is 5.69 Å². The number of hydrogen-bond acceptors (Lipinski definition) is 3. The van der Waals surface area contributed by atoms with E-state index in [0.717, 1.165) is 0 Å². The summed E-state index contributed by atoms with van der Waals surface area (Å²) in [6.45, 7) is 0. The predicted octanol–water partition coefficient (Wildman–Crippen LogP) is 4.00. The number of para-hydroxylation sites is 1. The lowest BCUT2D eigenvalue weighted by atomic mass is 10.1. The molecule has 0 saturated carbocycles. The molecule has 1 aromatic heterocycles. The lowest BCUT2D eigenvalue weighted by molar-refractivity contribution is -0.112. The Morgan fingerprint density at radius 3 is 2.52 bits per heavy atom. The van der Waals surface area contributed by atoms with Gasteiger partial charge in [-0.25, -0.2) is 0 Å². The van der Waals surface area contributed by atoms with E-state index in [4.69, 9.17) is 23.2 Å². The zero-order valence-corrected chi connectivity index (χ0v) is 13.1. The summed E-state index contributed by atoms with van der Waals surface area (Å²) in [5, 5.41) is 13.4. The third kappa shape index (κ3) is 2.88. The molecular weight excluding hydrogens is 339 g/mol. The van der Waals surface area contributed by atoms with Crippen molar-refractivity contribution in [2.75, 3.05) is 5.32 Å². The molecule has 0 atom stereocenters. The van der Waals surface area contributed by atoms with Gasteiger partial charge in [-0.3, -0.25) is 9.59 Å². The Kier molecular flexibility index (Phi) is 3.98. The normalized spacial score (nSPS) is 10.7. The molecule has 3 aromatic rings. The number of carbonyl (C=O) groups is 2. The second kappa shape index (κ2) is 5.95. The number of anilines is 1. The Labute approximate surface area is 140 Å². The second-order valence-electron chi connectivity index (χ2n) is 4.81. The first kappa shape index (κ1) is 15.4. The van der Waals surface area contributed by atoms with Crippen LogP contribution >= 0.6 is 23.2 Å². The summed E-state index contributed by atoms with van der Waals surface area (Å²) in [5.41, 5.74) is 0.825. The Morgan fingerprint density at radius 1 is 1.04 bits per heavy atom. The number of aromatic hydroxyl groups is 1. The fourth-order valence-electron chi connectivity index (χ4n) is 2.23. The van der Waals surface area contributed by atoms with Crippen molar-refractivity contribution in [1.29, 1.82) is 0 Å². The van der Waals surface area contributed by atoms with Gasteiger partial charge in [-0.15, -0.1) is 0 Å². The van der Waals surface area contributed by atoms with Crippen LogP contribution in [0.25, 0.3) is 10.9 Å². The monoisotopic (exact) mass is 348 g/mol. The number of fused-ring (bicyclic) bond motifs is 1. The summed E-state index contributed by atoms with van der Waals surface area (Å²) in [7, 11) is 0. The van der Waals surface area contributed by atoms with Crippen LogP contribution in [0, 0.1) is 0 Å². The van der Waals surface area contributed by atoms with Gasteiger partial charge in [0.1, 0.15) is 0 Å². The molecule has 1 amide bonds. The van der Waals surface area contributed by atoms with E-state index in [-0.39, 0.29) is 16.5 Å². The lowest BCUT2D eigenvalue weighted by Crippen LogP contribution is -2.22. The molecule has 3 rings (SSSR count). The highest BCUT2D eigenvalue weighted by Gasteiger charge is 2.24. The number of aromatic nitrogens is 1. The van der Waals surface area contributed by atoms with Gasteiger partial charge in [0.15, 0.2) is 0 Å². The Morgan fingerprint density at radius 2 is 1.78 bits per heavy atom. The SMILES string of the molecule is O=C(Nc1ccc(Cl)c(Cl)c1)C(=O)c1c(O)[nH]c2ccccc12. The van der Waals surface area contributed by atoms with Gasteiger partial charge < -0.3 is 15.4 Å². The summed E-state index contributed by atoms with van der Waals surface area (Å²) in [4.78, 5) is 27.1. The number of aromatic amines is 1. The first-order valence-electron chi connectivity index (χ1n) is 6.58. The average Bonchev–Trinajstić information content (AvgIpc) is 2.86. The molecule has 0 saturated heterocycles. The smallest absolute Gasteiger partial charge is 0.297 e. The van der Waals surface area contributed by atoms with Crippen LogP contribution in [-0.4, -0.2) is 21.8 Å². The Hall–Kier alpha value is -2.50. The number of carbonyl (C=O) groups excluding carboxylic acids is 2. The van der Waals surface area contributed by atoms with Crippen molar-refractivity contribution in [3.63, 3.8) is 0 Å². The number of ketones is 1. The average molecular weight is 349 g/mol. The van der Waals surface area contributed by atoms with Gasteiger partial charge in [0.25, 0.3) is 11.7 Å². The molecule has 116 valence electrons. The standard InChI is InChI=1S/C16H10Cl2N2O3/c17-10-6-5-8(7-11(10)18)19-16(23)14(21)13-9-3-1-2-4-12(9)20-15(13)22/h1-7,20,22H,(H,19,23). The Balaban J connectivity index is 1.91. The van der Waals surface area contributed by atoms with Crippen molar-refractivity contribution in [3.05, 3.63) is 58.1 Å². The van der Waals surface area contributed by atoms with Gasteiger partial charge in [0.05, 0.1) is 15.6 Å². The fraction of sp³-hybridized carbons (Fsp3) is 0. The van der Waals surface area contributed by atoms with E-state index in [1.54, 1.807) is 24.3 Å².